The number of phenols is 1. The standard InChI is InChI=1S/C57H67N7O17/c1-28-11-10-12-29(2)54(72)59-46-45-44(60-57(61-45)18-20-62(21-19-57)40(66)27-77-36-15-13-35(14-16-36)25-76-37-23-63-24-39(64(73)74)58-55(63)78-26-37)41-42(50(46)70)49(69)33(6)52-43(41)53(71)56(8,81-52)79-22-17-38(75-9)30(3)51(80-34(7)65)32(5)48(68)31(4)47(28)67/h10-17,22,24,28,30-32,37-38,47-48,51,61,67-69H,18-21,23,25-27H2,1-9H3,(H,59,72)/b11-10+,22-17+,29-12-/t28-,30+,31+,32+,37-,38-,47-,48+,51+,56-/m0/s1. The minimum Gasteiger partial charge on any atom is -0.507 e. The number of fused-ring (bicyclic) bond motifs is 4. The monoisotopic (exact) mass is 1120 g/mol. The number of likely N-dealkylation sites (tertiary alicyclic amines) is 1. The maximum absolute atomic E-state index is 14.9. The summed E-state index contributed by atoms with van der Waals surface area (Å²) in [6.07, 6.45) is 4.82. The predicted molar refractivity (Wildman–Crippen MR) is 287 cm³/mol. The van der Waals surface area contributed by atoms with Crippen molar-refractivity contribution in [2.45, 2.75) is 123 Å². The van der Waals surface area contributed by atoms with E-state index >= 15 is 0 Å². The smallest absolute Gasteiger partial charge is 0.414 e. The van der Waals surface area contributed by atoms with Crippen LogP contribution in [0.3, 0.4) is 0 Å². The number of methoxy groups -OCH3 is 1. The number of rotatable bonds is 9. The number of nitro groups is 1. The van der Waals surface area contributed by atoms with Gasteiger partial charge in [-0.15, -0.1) is 0 Å². The molecule has 432 valence electrons. The van der Waals surface area contributed by atoms with Crippen LogP contribution >= 0.6 is 0 Å². The molecule has 2 aromatic carbocycles. The van der Waals surface area contributed by atoms with Crippen LogP contribution in [0, 0.1) is 40.7 Å². The van der Waals surface area contributed by atoms with Crippen molar-refractivity contribution in [3.8, 4) is 23.3 Å². The highest BCUT2D eigenvalue weighted by molar-refractivity contribution is 6.34. The van der Waals surface area contributed by atoms with Crippen LogP contribution in [-0.4, -0.2) is 145 Å². The van der Waals surface area contributed by atoms with Gasteiger partial charge in [0, 0.05) is 92.2 Å². The first kappa shape index (κ1) is 57.7. The first-order valence-corrected chi connectivity index (χ1v) is 26.8. The Morgan fingerprint density at radius 1 is 0.963 bits per heavy atom. The van der Waals surface area contributed by atoms with E-state index in [-0.39, 0.29) is 120 Å². The zero-order chi connectivity index (χ0) is 58.4. The summed E-state index contributed by atoms with van der Waals surface area (Å²) < 4.78 is 43.0. The van der Waals surface area contributed by atoms with Crippen molar-refractivity contribution >= 4 is 40.9 Å². The number of esters is 1. The summed E-state index contributed by atoms with van der Waals surface area (Å²) in [6.45, 7) is 13.4. The number of hydrogen-bond donors (Lipinski definition) is 5. The number of hydrogen-bond acceptors (Lipinski definition) is 20. The summed E-state index contributed by atoms with van der Waals surface area (Å²) in [5.41, 5.74) is -0.603. The van der Waals surface area contributed by atoms with Crippen molar-refractivity contribution < 1.29 is 77.4 Å². The van der Waals surface area contributed by atoms with Gasteiger partial charge >= 0.3 is 23.6 Å². The molecule has 6 aliphatic rings. The van der Waals surface area contributed by atoms with Crippen molar-refractivity contribution in [1.29, 1.82) is 0 Å². The highest BCUT2D eigenvalue weighted by Gasteiger charge is 2.55. The number of aromatic nitrogens is 2. The van der Waals surface area contributed by atoms with Crippen LogP contribution in [0.25, 0.3) is 0 Å². The molecular formula is C57H67N7O17. The number of phenolic OH excluding ortho intramolecular Hbond substituents is 1. The molecule has 10 atom stereocenters. The summed E-state index contributed by atoms with van der Waals surface area (Å²) in [5, 5.41) is 52.4. The summed E-state index contributed by atoms with van der Waals surface area (Å²) in [7, 11) is 1.43. The lowest BCUT2D eigenvalue weighted by Crippen LogP contribution is -2.52. The van der Waals surface area contributed by atoms with Gasteiger partial charge in [0.1, 0.15) is 53.6 Å². The van der Waals surface area contributed by atoms with Crippen LogP contribution in [0.1, 0.15) is 98.7 Å². The topological polar surface area (TPSA) is 311 Å². The number of Topliss-reactive ketones (excluding diaryl/α,β-unsaturated/α-hetero) is 2. The van der Waals surface area contributed by atoms with Crippen molar-refractivity contribution in [3.63, 3.8) is 0 Å². The van der Waals surface area contributed by atoms with E-state index < -0.39 is 93.7 Å². The quantitative estimate of drug-likeness (QED) is 0.111. The highest BCUT2D eigenvalue weighted by Crippen LogP contribution is 2.50. The average Bonchev–Trinajstić information content (AvgIpc) is 4.36. The molecule has 2 amide bonds. The number of amides is 2. The molecule has 24 heteroatoms. The number of nitrogens with one attached hydrogen (secondary N) is 2. The van der Waals surface area contributed by atoms with Crippen LogP contribution in [0.2, 0.25) is 0 Å². The molecule has 1 fully saturated rings. The summed E-state index contributed by atoms with van der Waals surface area (Å²) in [4.78, 5) is 91.3. The third-order valence-corrected chi connectivity index (χ3v) is 16.1. The molecule has 9 rings (SSSR count). The molecule has 5 bridgehead atoms. The Balaban J connectivity index is 0.962. The molecule has 0 saturated carbocycles. The fourth-order valence-corrected chi connectivity index (χ4v) is 11.2. The van der Waals surface area contributed by atoms with E-state index in [1.807, 2.05) is 0 Å². The van der Waals surface area contributed by atoms with E-state index in [2.05, 4.69) is 15.6 Å². The molecule has 81 heavy (non-hydrogen) atoms. The van der Waals surface area contributed by atoms with Gasteiger partial charge in [0.25, 0.3) is 17.6 Å². The molecule has 5 N–H and O–H groups in total. The Kier molecular flexibility index (Phi) is 16.3. The first-order chi connectivity index (χ1) is 38.4. The normalized spacial score (nSPS) is 29.6. The van der Waals surface area contributed by atoms with Gasteiger partial charge in [-0.2, -0.15) is 0 Å². The number of nitrogens with zero attached hydrogens (tertiary/aromatic N) is 5. The maximum Gasteiger partial charge on any atom is 0.414 e. The van der Waals surface area contributed by atoms with E-state index in [0.717, 1.165) is 5.56 Å². The van der Waals surface area contributed by atoms with Gasteiger partial charge in [0.05, 0.1) is 60.3 Å². The third kappa shape index (κ3) is 11.3. The zero-order valence-electron chi connectivity index (χ0n) is 46.4. The molecule has 5 aliphatic heterocycles. The molecule has 0 unspecified atom stereocenters. The van der Waals surface area contributed by atoms with Gasteiger partial charge in [-0.3, -0.25) is 33.5 Å². The SMILES string of the molecule is CO[C@H]1/C=C/O[C@@]2(C)Oc3c(C)c(O)c4c(c3C2=O)C2=NC3(CCN(C(=O)COc5ccc(CO[C@@H]6COc7nc([N+](=O)[O-])cn7C6)cc5)CC3)NC2=C(NC(=O)/C(C)=C\C=C\[C@H](C)[C@H](O)[C@@H](C)[C@@H](O)[C@@H](C)[C@H](OC(C)=O)[C@@H]1C)C4=O. The second kappa shape index (κ2) is 22.9. The first-order valence-electron chi connectivity index (χ1n) is 26.8. The zero-order valence-corrected chi connectivity index (χ0v) is 46.4. The van der Waals surface area contributed by atoms with Crippen LogP contribution in [-0.2, 0) is 46.5 Å². The number of aliphatic imine (C=N–C) groups is 1. The van der Waals surface area contributed by atoms with E-state index in [1.54, 1.807) is 69.0 Å². The number of carbonyl (C=O) groups excluding carboxylic acids is 5. The van der Waals surface area contributed by atoms with Crippen molar-refractivity contribution in [2.75, 3.05) is 33.4 Å². The third-order valence-electron chi connectivity index (χ3n) is 16.1. The van der Waals surface area contributed by atoms with Crippen molar-refractivity contribution in [3.05, 3.63) is 116 Å². The Labute approximate surface area is 466 Å². The van der Waals surface area contributed by atoms with E-state index in [9.17, 15) is 49.4 Å². The largest absolute Gasteiger partial charge is 0.507 e. The second-order valence-electron chi connectivity index (χ2n) is 21.7. The number of ketones is 2. The van der Waals surface area contributed by atoms with E-state index in [0.29, 0.717) is 12.3 Å². The molecule has 24 nitrogen and oxygen atoms in total. The minimum absolute atomic E-state index is 0.0303. The van der Waals surface area contributed by atoms with Gasteiger partial charge in [-0.25, -0.2) is 0 Å². The lowest BCUT2D eigenvalue weighted by atomic mass is 9.78. The lowest BCUT2D eigenvalue weighted by molar-refractivity contribution is -0.389. The molecule has 6 heterocycles. The Bertz CT molecular complexity index is 3190. The van der Waals surface area contributed by atoms with E-state index in [4.69, 9.17) is 38.2 Å². The molecule has 0 radical (unpaired) electrons. The summed E-state index contributed by atoms with van der Waals surface area (Å²) in [6, 6.07) is 7.17. The number of ether oxygens (including phenoxy) is 7. The molecular weight excluding hydrogens is 1050 g/mol. The number of imidazole rings is 1. The Hall–Kier alpha value is -7.93. The van der Waals surface area contributed by atoms with Crippen LogP contribution < -0.4 is 24.8 Å². The van der Waals surface area contributed by atoms with Crippen molar-refractivity contribution in [1.82, 2.24) is 25.1 Å². The number of aliphatic hydroxyl groups is 2. The van der Waals surface area contributed by atoms with Gasteiger partial charge < -0.3 is 74.1 Å². The number of allylic oxidation sites excluding steroid dienone is 4. The highest BCUT2D eigenvalue weighted by atomic mass is 16.7. The van der Waals surface area contributed by atoms with Gasteiger partial charge in [0.15, 0.2) is 6.61 Å². The molecule has 1 spiro atoms. The van der Waals surface area contributed by atoms with Crippen LogP contribution in [0.15, 0.2) is 83.0 Å². The number of piperidine rings is 1. The summed E-state index contributed by atoms with van der Waals surface area (Å²) >= 11 is 0. The number of aliphatic hydroxyl groups excluding tert-OH is 2. The number of carbonyl (C=O) groups is 5. The average molecular weight is 1120 g/mol. The van der Waals surface area contributed by atoms with Crippen molar-refractivity contribution in [2.24, 2.45) is 28.7 Å². The van der Waals surface area contributed by atoms with Gasteiger partial charge in [-0.05, 0) is 42.5 Å². The number of aromatic hydroxyl groups is 1. The summed E-state index contributed by atoms with van der Waals surface area (Å²) in [5.74, 6) is -8.23. The fraction of sp³-hybridized carbons (Fsp3) is 0.491. The minimum atomic E-state index is -2.07. The predicted octanol–water partition coefficient (Wildman–Crippen LogP) is 4.65. The van der Waals surface area contributed by atoms with Gasteiger partial charge in [-0.1, -0.05) is 58.1 Å². The van der Waals surface area contributed by atoms with Crippen LogP contribution in [0.4, 0.5) is 5.82 Å². The molecule has 1 saturated heterocycles. The maximum atomic E-state index is 14.9. The number of benzene rings is 2. The van der Waals surface area contributed by atoms with Gasteiger partial charge in [0.2, 0.25) is 5.78 Å². The molecule has 1 aromatic heterocycles. The second-order valence-corrected chi connectivity index (χ2v) is 21.7. The Morgan fingerprint density at radius 2 is 1.68 bits per heavy atom. The fourth-order valence-electron chi connectivity index (χ4n) is 11.2. The van der Waals surface area contributed by atoms with Crippen LogP contribution in [0.5, 0.6) is 23.3 Å². The lowest BCUT2D eigenvalue weighted by Gasteiger charge is -2.38. The molecule has 3 aromatic rings. The molecule has 1 aliphatic carbocycles. The van der Waals surface area contributed by atoms with E-state index in [1.165, 1.54) is 64.0 Å². The Morgan fingerprint density at radius 3 is 2.36 bits per heavy atom.